The Hall–Kier alpha value is -2.73. The van der Waals surface area contributed by atoms with Crippen molar-refractivity contribution in [2.75, 3.05) is 12.4 Å². The fourth-order valence-electron chi connectivity index (χ4n) is 1.93. The molecule has 0 aliphatic carbocycles. The van der Waals surface area contributed by atoms with Gasteiger partial charge in [-0.1, -0.05) is 17.7 Å². The zero-order chi connectivity index (χ0) is 17.5. The number of aromatic hydroxyl groups is 1. The van der Waals surface area contributed by atoms with Gasteiger partial charge in [0, 0.05) is 16.3 Å². The number of hydrogen-bond donors (Lipinski definition) is 3. The lowest BCUT2D eigenvalue weighted by molar-refractivity contribution is -0.121. The van der Waals surface area contributed by atoms with Crippen molar-refractivity contribution < 1.29 is 14.6 Å². The molecule has 0 aliphatic heterocycles. The first-order chi connectivity index (χ1) is 11.5. The number of carbonyl (C=O) groups is 1. The quantitative estimate of drug-likeness (QED) is 0.554. The van der Waals surface area contributed by atoms with Crippen LogP contribution in [0.4, 0.5) is 5.69 Å². The van der Waals surface area contributed by atoms with Crippen LogP contribution in [0.25, 0.3) is 0 Å². The maximum absolute atomic E-state index is 12.0. The highest BCUT2D eigenvalue weighted by Gasteiger charge is 2.12. The fourth-order valence-corrected chi connectivity index (χ4v) is 2.06. The van der Waals surface area contributed by atoms with Crippen LogP contribution in [0.2, 0.25) is 5.02 Å². The number of nitrogens with one attached hydrogen (secondary N) is 2. The molecule has 1 atom stereocenters. The van der Waals surface area contributed by atoms with Crippen LogP contribution in [0.15, 0.2) is 47.6 Å². The number of hydrogen-bond acceptors (Lipinski definition) is 5. The molecule has 126 valence electrons. The first kappa shape index (κ1) is 17.6. The summed E-state index contributed by atoms with van der Waals surface area (Å²) in [5.41, 5.74) is 3.63. The Morgan fingerprint density at radius 1 is 1.29 bits per heavy atom. The molecule has 2 rings (SSSR count). The van der Waals surface area contributed by atoms with E-state index in [9.17, 15) is 9.90 Å². The van der Waals surface area contributed by atoms with Crippen molar-refractivity contribution >= 4 is 29.4 Å². The molecule has 3 N–H and O–H groups in total. The van der Waals surface area contributed by atoms with Crippen molar-refractivity contribution in [3.05, 3.63) is 53.1 Å². The smallest absolute Gasteiger partial charge is 0.262 e. The predicted octanol–water partition coefficient (Wildman–Crippen LogP) is 3.00. The highest BCUT2D eigenvalue weighted by atomic mass is 35.5. The van der Waals surface area contributed by atoms with E-state index in [0.29, 0.717) is 16.3 Å². The van der Waals surface area contributed by atoms with E-state index in [1.807, 2.05) is 0 Å². The van der Waals surface area contributed by atoms with Crippen LogP contribution in [-0.2, 0) is 4.79 Å². The Labute approximate surface area is 145 Å². The van der Waals surface area contributed by atoms with Gasteiger partial charge in [0.2, 0.25) is 0 Å². The van der Waals surface area contributed by atoms with Gasteiger partial charge in [-0.2, -0.15) is 5.10 Å². The van der Waals surface area contributed by atoms with Crippen LogP contribution in [0.5, 0.6) is 11.5 Å². The second-order valence-electron chi connectivity index (χ2n) is 5.01. The monoisotopic (exact) mass is 347 g/mol. The summed E-state index contributed by atoms with van der Waals surface area (Å²) < 4.78 is 5.01. The number of carbonyl (C=O) groups excluding carboxylic acids is 1. The van der Waals surface area contributed by atoms with E-state index in [4.69, 9.17) is 16.3 Å². The lowest BCUT2D eigenvalue weighted by Gasteiger charge is -2.13. The predicted molar refractivity (Wildman–Crippen MR) is 94.9 cm³/mol. The maximum atomic E-state index is 12.0. The molecule has 0 spiro atoms. The number of nitrogens with zero attached hydrogens (tertiary/aromatic N) is 1. The van der Waals surface area contributed by atoms with Gasteiger partial charge in [0.25, 0.3) is 5.91 Å². The van der Waals surface area contributed by atoms with Crippen molar-refractivity contribution in [3.8, 4) is 11.5 Å². The van der Waals surface area contributed by atoms with E-state index in [1.165, 1.54) is 13.3 Å². The summed E-state index contributed by atoms with van der Waals surface area (Å²) in [4.78, 5) is 12.0. The van der Waals surface area contributed by atoms with E-state index in [0.717, 1.165) is 5.69 Å². The molecular weight excluding hydrogens is 330 g/mol. The minimum absolute atomic E-state index is 0.0367. The zero-order valence-electron chi connectivity index (χ0n) is 13.3. The summed E-state index contributed by atoms with van der Waals surface area (Å²) in [5, 5.41) is 17.4. The number of hydrazone groups is 1. The summed E-state index contributed by atoms with van der Waals surface area (Å²) in [7, 11) is 1.46. The molecule has 0 fully saturated rings. The van der Waals surface area contributed by atoms with Gasteiger partial charge in [-0.25, -0.2) is 5.43 Å². The van der Waals surface area contributed by atoms with E-state index in [-0.39, 0.29) is 11.7 Å². The van der Waals surface area contributed by atoms with Gasteiger partial charge in [0.15, 0.2) is 11.5 Å². The molecule has 0 saturated heterocycles. The van der Waals surface area contributed by atoms with Gasteiger partial charge in [-0.15, -0.1) is 0 Å². The first-order valence-corrected chi connectivity index (χ1v) is 7.60. The number of para-hydroxylation sites is 1. The highest BCUT2D eigenvalue weighted by Crippen LogP contribution is 2.27. The number of phenolic OH excluding ortho intramolecular Hbond substituents is 1. The Balaban J connectivity index is 1.93. The van der Waals surface area contributed by atoms with Crippen molar-refractivity contribution in [2.24, 2.45) is 5.10 Å². The average Bonchev–Trinajstić information content (AvgIpc) is 2.58. The number of methoxy groups -OCH3 is 1. The summed E-state index contributed by atoms with van der Waals surface area (Å²) >= 11 is 5.82. The molecule has 0 saturated carbocycles. The second-order valence-corrected chi connectivity index (χ2v) is 5.44. The van der Waals surface area contributed by atoms with Gasteiger partial charge >= 0.3 is 0 Å². The number of rotatable bonds is 6. The molecule has 0 aliphatic rings. The zero-order valence-corrected chi connectivity index (χ0v) is 14.0. The summed E-state index contributed by atoms with van der Waals surface area (Å²) in [5.74, 6) is -0.0167. The molecule has 2 aromatic carbocycles. The third-order valence-corrected chi connectivity index (χ3v) is 3.50. The number of anilines is 1. The number of halogens is 1. The molecule has 0 radical (unpaired) electrons. The van der Waals surface area contributed by atoms with Crippen molar-refractivity contribution in [2.45, 2.75) is 13.0 Å². The lowest BCUT2D eigenvalue weighted by atomic mass is 10.2. The van der Waals surface area contributed by atoms with Gasteiger partial charge in [0.05, 0.1) is 13.3 Å². The van der Waals surface area contributed by atoms with Crippen LogP contribution in [-0.4, -0.2) is 30.4 Å². The lowest BCUT2D eigenvalue weighted by Crippen LogP contribution is -2.34. The summed E-state index contributed by atoms with van der Waals surface area (Å²) in [6.07, 6.45) is 1.35. The molecule has 0 bridgehead atoms. The Bertz CT molecular complexity index is 732. The number of ether oxygens (including phenoxy) is 1. The van der Waals surface area contributed by atoms with Crippen LogP contribution < -0.4 is 15.5 Å². The third kappa shape index (κ3) is 4.63. The average molecular weight is 348 g/mol. The normalized spacial score (nSPS) is 12.0. The van der Waals surface area contributed by atoms with Crippen LogP contribution >= 0.6 is 11.6 Å². The first-order valence-electron chi connectivity index (χ1n) is 7.22. The molecule has 0 aromatic heterocycles. The standard InChI is InChI=1S/C17H18ClN3O3/c1-11(20-14-8-6-13(18)7-9-14)17(23)21-19-10-12-4-3-5-15(24-2)16(12)22/h3-11,20,22H,1-2H3,(H,21,23)/b19-10+. The Kier molecular flexibility index (Phi) is 6.03. The van der Waals surface area contributed by atoms with E-state index in [1.54, 1.807) is 49.4 Å². The van der Waals surface area contributed by atoms with Crippen LogP contribution in [0, 0.1) is 0 Å². The van der Waals surface area contributed by atoms with Crippen molar-refractivity contribution in [1.82, 2.24) is 5.43 Å². The maximum Gasteiger partial charge on any atom is 0.262 e. The van der Waals surface area contributed by atoms with Gasteiger partial charge in [0.1, 0.15) is 6.04 Å². The molecule has 7 heteroatoms. The largest absolute Gasteiger partial charge is 0.504 e. The molecular formula is C17H18ClN3O3. The SMILES string of the molecule is COc1cccc(/C=N/NC(=O)C(C)Nc2ccc(Cl)cc2)c1O. The van der Waals surface area contributed by atoms with Gasteiger partial charge in [-0.3, -0.25) is 4.79 Å². The number of amides is 1. The second kappa shape index (κ2) is 8.21. The highest BCUT2D eigenvalue weighted by molar-refractivity contribution is 6.30. The van der Waals surface area contributed by atoms with Crippen LogP contribution in [0.1, 0.15) is 12.5 Å². The third-order valence-electron chi connectivity index (χ3n) is 3.25. The van der Waals surface area contributed by atoms with Gasteiger partial charge < -0.3 is 15.2 Å². The van der Waals surface area contributed by atoms with Crippen molar-refractivity contribution in [3.63, 3.8) is 0 Å². The van der Waals surface area contributed by atoms with E-state index < -0.39 is 6.04 Å². The fraction of sp³-hybridized carbons (Fsp3) is 0.176. The molecule has 24 heavy (non-hydrogen) atoms. The molecule has 0 heterocycles. The molecule has 6 nitrogen and oxygen atoms in total. The molecule has 1 unspecified atom stereocenters. The number of phenols is 1. The van der Waals surface area contributed by atoms with Crippen molar-refractivity contribution in [1.29, 1.82) is 0 Å². The summed E-state index contributed by atoms with van der Waals surface area (Å²) in [6.45, 7) is 1.71. The van der Waals surface area contributed by atoms with E-state index >= 15 is 0 Å². The number of benzene rings is 2. The Morgan fingerprint density at radius 2 is 2.00 bits per heavy atom. The topological polar surface area (TPSA) is 83.0 Å². The van der Waals surface area contributed by atoms with Crippen LogP contribution in [0.3, 0.4) is 0 Å². The van der Waals surface area contributed by atoms with E-state index in [2.05, 4.69) is 15.8 Å². The van der Waals surface area contributed by atoms with Gasteiger partial charge in [-0.05, 0) is 43.3 Å². The Morgan fingerprint density at radius 3 is 2.67 bits per heavy atom. The summed E-state index contributed by atoms with van der Waals surface area (Å²) in [6, 6.07) is 11.5. The minimum Gasteiger partial charge on any atom is -0.504 e. The molecule has 1 amide bonds. The molecule has 2 aromatic rings. The minimum atomic E-state index is -0.498.